The first-order chi connectivity index (χ1) is 13.2. The maximum absolute atomic E-state index is 12.3. The van der Waals surface area contributed by atoms with Crippen molar-refractivity contribution in [2.75, 3.05) is 13.7 Å². The molecule has 0 atom stereocenters. The van der Waals surface area contributed by atoms with Crippen molar-refractivity contribution >= 4 is 5.91 Å². The maximum atomic E-state index is 12.3. The van der Waals surface area contributed by atoms with Crippen LogP contribution in [0.15, 0.2) is 67.0 Å². The number of hydrogen-bond acceptors (Lipinski definition) is 5. The van der Waals surface area contributed by atoms with E-state index in [-0.39, 0.29) is 11.6 Å². The van der Waals surface area contributed by atoms with E-state index >= 15 is 0 Å². The molecule has 0 radical (unpaired) electrons. The molecule has 0 unspecified atom stereocenters. The van der Waals surface area contributed by atoms with E-state index in [1.54, 1.807) is 13.2 Å². The first kappa shape index (κ1) is 18.4. The fraction of sp³-hybridized carbons (Fsp3) is 0.190. The van der Waals surface area contributed by atoms with Gasteiger partial charge in [-0.25, -0.2) is 9.97 Å². The lowest BCUT2D eigenvalue weighted by Crippen LogP contribution is -2.26. The molecule has 0 aliphatic heterocycles. The minimum absolute atomic E-state index is 0.259. The number of methoxy groups -OCH3 is 1. The van der Waals surface area contributed by atoms with Gasteiger partial charge in [0.2, 0.25) is 5.88 Å². The van der Waals surface area contributed by atoms with Crippen molar-refractivity contribution in [3.63, 3.8) is 0 Å². The summed E-state index contributed by atoms with van der Waals surface area (Å²) in [6, 6.07) is 19.1. The predicted molar refractivity (Wildman–Crippen MR) is 102 cm³/mol. The summed E-state index contributed by atoms with van der Waals surface area (Å²) in [4.78, 5) is 20.4. The molecule has 6 heteroatoms. The molecule has 0 bridgehead atoms. The highest BCUT2D eigenvalue weighted by molar-refractivity contribution is 5.92. The van der Waals surface area contributed by atoms with Crippen molar-refractivity contribution in [1.29, 1.82) is 0 Å². The van der Waals surface area contributed by atoms with Crippen LogP contribution in [0.3, 0.4) is 0 Å². The monoisotopic (exact) mass is 363 g/mol. The zero-order chi connectivity index (χ0) is 18.9. The summed E-state index contributed by atoms with van der Waals surface area (Å²) in [5.41, 5.74) is 2.39. The number of carbonyl (C=O) groups excluding carboxylic acids is 1. The van der Waals surface area contributed by atoms with E-state index in [1.165, 1.54) is 6.33 Å². The summed E-state index contributed by atoms with van der Waals surface area (Å²) >= 11 is 0. The maximum Gasteiger partial charge on any atom is 0.270 e. The molecule has 1 N–H and O–H groups in total. The summed E-state index contributed by atoms with van der Waals surface area (Å²) in [6.07, 6.45) is 2.03. The smallest absolute Gasteiger partial charge is 0.270 e. The Balaban J connectivity index is 1.52. The quantitative estimate of drug-likeness (QED) is 0.666. The highest BCUT2D eigenvalue weighted by Crippen LogP contribution is 2.13. The lowest BCUT2D eigenvalue weighted by atomic mass is 10.1. The number of benzene rings is 2. The second kappa shape index (κ2) is 9.33. The molecule has 27 heavy (non-hydrogen) atoms. The van der Waals surface area contributed by atoms with E-state index < -0.39 is 0 Å². The van der Waals surface area contributed by atoms with Crippen molar-refractivity contribution < 1.29 is 14.3 Å². The van der Waals surface area contributed by atoms with E-state index in [4.69, 9.17) is 9.47 Å². The van der Waals surface area contributed by atoms with Gasteiger partial charge in [-0.3, -0.25) is 4.79 Å². The van der Waals surface area contributed by atoms with E-state index in [2.05, 4.69) is 15.3 Å². The van der Waals surface area contributed by atoms with Crippen LogP contribution in [0.2, 0.25) is 0 Å². The van der Waals surface area contributed by atoms with Crippen LogP contribution in [0.4, 0.5) is 0 Å². The van der Waals surface area contributed by atoms with Gasteiger partial charge in [0, 0.05) is 12.6 Å². The number of aromatic nitrogens is 2. The third-order valence-electron chi connectivity index (χ3n) is 3.94. The van der Waals surface area contributed by atoms with Gasteiger partial charge >= 0.3 is 0 Å². The molecule has 0 fully saturated rings. The number of nitrogens with one attached hydrogen (secondary N) is 1. The third kappa shape index (κ3) is 5.54. The second-order valence-electron chi connectivity index (χ2n) is 5.87. The van der Waals surface area contributed by atoms with Crippen molar-refractivity contribution in [2.45, 2.75) is 13.0 Å². The van der Waals surface area contributed by atoms with Crippen molar-refractivity contribution in [2.24, 2.45) is 0 Å². The van der Waals surface area contributed by atoms with E-state index in [0.717, 1.165) is 16.9 Å². The Bertz CT molecular complexity index is 885. The van der Waals surface area contributed by atoms with Crippen LogP contribution in [0, 0.1) is 0 Å². The molecular formula is C21H21N3O3. The number of hydrogen-bond donors (Lipinski definition) is 1. The third-order valence-corrected chi connectivity index (χ3v) is 3.94. The molecular weight excluding hydrogens is 342 g/mol. The average Bonchev–Trinajstić information content (AvgIpc) is 2.73. The number of amides is 1. The first-order valence-corrected chi connectivity index (χ1v) is 8.64. The molecule has 1 heterocycles. The molecule has 2 aromatic carbocycles. The molecule has 0 saturated carbocycles. The molecule has 0 saturated heterocycles. The first-order valence-electron chi connectivity index (χ1n) is 8.64. The van der Waals surface area contributed by atoms with E-state index in [1.807, 2.05) is 54.6 Å². The summed E-state index contributed by atoms with van der Waals surface area (Å²) in [5.74, 6) is 0.909. The lowest BCUT2D eigenvalue weighted by Gasteiger charge is -2.08. The zero-order valence-electron chi connectivity index (χ0n) is 15.1. The Kier molecular flexibility index (Phi) is 6.35. The lowest BCUT2D eigenvalue weighted by molar-refractivity contribution is 0.0948. The number of rotatable bonds is 8. The minimum Gasteiger partial charge on any atom is -0.497 e. The standard InChI is InChI=1S/C21H21N3O3/c1-26-18-9-5-8-16(12-18)10-11-22-21(25)19-13-20(24-15-23-19)27-14-17-6-3-2-4-7-17/h2-9,12-13,15H,10-11,14H2,1H3,(H,22,25). The topological polar surface area (TPSA) is 73.3 Å². The van der Waals surface area contributed by atoms with Gasteiger partial charge < -0.3 is 14.8 Å². The molecule has 0 spiro atoms. The number of nitrogens with zero attached hydrogens (tertiary/aromatic N) is 2. The van der Waals surface area contributed by atoms with Gasteiger partial charge in [-0.1, -0.05) is 42.5 Å². The van der Waals surface area contributed by atoms with E-state index in [0.29, 0.717) is 25.5 Å². The predicted octanol–water partition coefficient (Wildman–Crippen LogP) is 3.04. The van der Waals surface area contributed by atoms with Gasteiger partial charge in [0.05, 0.1) is 7.11 Å². The van der Waals surface area contributed by atoms with Gasteiger partial charge in [-0.2, -0.15) is 0 Å². The highest BCUT2D eigenvalue weighted by atomic mass is 16.5. The van der Waals surface area contributed by atoms with Crippen LogP contribution in [-0.4, -0.2) is 29.5 Å². The summed E-state index contributed by atoms with van der Waals surface area (Å²) in [5, 5.41) is 2.86. The summed E-state index contributed by atoms with van der Waals surface area (Å²) in [7, 11) is 1.63. The van der Waals surface area contributed by atoms with Crippen LogP contribution in [-0.2, 0) is 13.0 Å². The normalized spacial score (nSPS) is 10.3. The summed E-state index contributed by atoms with van der Waals surface area (Å²) < 4.78 is 10.8. The summed E-state index contributed by atoms with van der Waals surface area (Å²) in [6.45, 7) is 0.880. The Hall–Kier alpha value is -3.41. The molecule has 3 rings (SSSR count). The molecule has 138 valence electrons. The Morgan fingerprint density at radius 3 is 2.63 bits per heavy atom. The van der Waals surface area contributed by atoms with Crippen molar-refractivity contribution in [3.8, 4) is 11.6 Å². The molecule has 6 nitrogen and oxygen atoms in total. The van der Waals surface area contributed by atoms with Crippen molar-refractivity contribution in [1.82, 2.24) is 15.3 Å². The fourth-order valence-electron chi connectivity index (χ4n) is 2.51. The van der Waals surface area contributed by atoms with Gasteiger partial charge in [-0.05, 0) is 29.7 Å². The van der Waals surface area contributed by atoms with Gasteiger partial charge in [-0.15, -0.1) is 0 Å². The Labute approximate surface area is 158 Å². The fourth-order valence-corrected chi connectivity index (χ4v) is 2.51. The van der Waals surface area contributed by atoms with Gasteiger partial charge in [0.15, 0.2) is 0 Å². The molecule has 1 amide bonds. The average molecular weight is 363 g/mol. The number of carbonyl (C=O) groups is 1. The van der Waals surface area contributed by atoms with Crippen LogP contribution in [0.5, 0.6) is 11.6 Å². The molecule has 1 aromatic heterocycles. The molecule has 3 aromatic rings. The van der Waals surface area contributed by atoms with Crippen LogP contribution >= 0.6 is 0 Å². The zero-order valence-corrected chi connectivity index (χ0v) is 15.1. The number of ether oxygens (including phenoxy) is 2. The van der Waals surface area contributed by atoms with Gasteiger partial charge in [0.25, 0.3) is 5.91 Å². The largest absolute Gasteiger partial charge is 0.497 e. The molecule has 0 aliphatic rings. The van der Waals surface area contributed by atoms with Crippen LogP contribution < -0.4 is 14.8 Å². The molecule has 0 aliphatic carbocycles. The van der Waals surface area contributed by atoms with Gasteiger partial charge in [0.1, 0.15) is 24.4 Å². The minimum atomic E-state index is -0.259. The van der Waals surface area contributed by atoms with Crippen molar-refractivity contribution in [3.05, 3.63) is 83.8 Å². The highest BCUT2D eigenvalue weighted by Gasteiger charge is 2.09. The van der Waals surface area contributed by atoms with Crippen LogP contribution in [0.1, 0.15) is 21.6 Å². The Morgan fingerprint density at radius 2 is 1.81 bits per heavy atom. The SMILES string of the molecule is COc1cccc(CCNC(=O)c2cc(OCc3ccccc3)ncn2)c1. The Morgan fingerprint density at radius 1 is 1.00 bits per heavy atom. The second-order valence-corrected chi connectivity index (χ2v) is 5.87. The van der Waals surface area contributed by atoms with Crippen LogP contribution in [0.25, 0.3) is 0 Å². The van der Waals surface area contributed by atoms with E-state index in [9.17, 15) is 4.79 Å².